The maximum Gasteiger partial charge on any atom is 0.238 e. The van der Waals surface area contributed by atoms with E-state index < -0.39 is 0 Å². The van der Waals surface area contributed by atoms with E-state index in [4.69, 9.17) is 10.5 Å². The molecule has 0 saturated heterocycles. The van der Waals surface area contributed by atoms with Crippen LogP contribution in [-0.2, 0) is 4.79 Å². The summed E-state index contributed by atoms with van der Waals surface area (Å²) >= 11 is 0. The van der Waals surface area contributed by atoms with Gasteiger partial charge in [-0.2, -0.15) is 0 Å². The van der Waals surface area contributed by atoms with Gasteiger partial charge in [0, 0.05) is 5.56 Å². The van der Waals surface area contributed by atoms with Gasteiger partial charge in [0.1, 0.15) is 5.75 Å². The molecule has 0 aliphatic heterocycles. The predicted molar refractivity (Wildman–Crippen MR) is 76.1 cm³/mol. The molecule has 0 bridgehead atoms. The van der Waals surface area contributed by atoms with Gasteiger partial charge in [0.25, 0.3) is 0 Å². The summed E-state index contributed by atoms with van der Waals surface area (Å²) in [5, 5.41) is 2.79. The zero-order valence-corrected chi connectivity index (χ0v) is 10.7. The van der Waals surface area contributed by atoms with Gasteiger partial charge in [-0.25, -0.2) is 0 Å². The van der Waals surface area contributed by atoms with E-state index in [1.807, 2.05) is 42.5 Å². The molecule has 0 spiro atoms. The van der Waals surface area contributed by atoms with Crippen molar-refractivity contribution in [2.45, 2.75) is 0 Å². The first-order valence-electron chi connectivity index (χ1n) is 5.98. The molecule has 4 nitrogen and oxygen atoms in total. The van der Waals surface area contributed by atoms with Crippen molar-refractivity contribution < 1.29 is 9.53 Å². The van der Waals surface area contributed by atoms with E-state index in [9.17, 15) is 4.79 Å². The minimum atomic E-state index is -0.248. The number of para-hydroxylation sites is 1. The van der Waals surface area contributed by atoms with Crippen LogP contribution in [0.25, 0.3) is 11.1 Å². The number of methoxy groups -OCH3 is 1. The summed E-state index contributed by atoms with van der Waals surface area (Å²) in [5.74, 6) is 0.366. The van der Waals surface area contributed by atoms with Crippen molar-refractivity contribution in [3.8, 4) is 16.9 Å². The summed E-state index contributed by atoms with van der Waals surface area (Å²) in [7, 11) is 1.57. The summed E-state index contributed by atoms with van der Waals surface area (Å²) < 4.78 is 5.30. The summed E-state index contributed by atoms with van der Waals surface area (Å²) in [4.78, 5) is 11.5. The first-order chi connectivity index (χ1) is 9.26. The maximum absolute atomic E-state index is 11.5. The molecule has 2 aromatic rings. The fourth-order valence-electron chi connectivity index (χ4n) is 1.88. The number of hydrogen-bond donors (Lipinski definition) is 2. The van der Waals surface area contributed by atoms with Crippen LogP contribution in [0.15, 0.2) is 48.5 Å². The van der Waals surface area contributed by atoms with Gasteiger partial charge in [0.2, 0.25) is 5.91 Å². The van der Waals surface area contributed by atoms with E-state index in [1.165, 1.54) is 0 Å². The average molecular weight is 256 g/mol. The van der Waals surface area contributed by atoms with Crippen molar-refractivity contribution in [2.24, 2.45) is 5.73 Å². The number of rotatable bonds is 4. The van der Waals surface area contributed by atoms with Crippen LogP contribution in [-0.4, -0.2) is 19.6 Å². The second-order valence-electron chi connectivity index (χ2n) is 4.00. The lowest BCUT2D eigenvalue weighted by molar-refractivity contribution is -0.114. The lowest BCUT2D eigenvalue weighted by Crippen LogP contribution is -2.22. The maximum atomic E-state index is 11.5. The standard InChI is InChI=1S/C15H16N2O2/c1-19-13-9-5-8-12(11-6-3-2-4-7-11)15(13)17-14(18)10-16/h2-9H,10,16H2,1H3,(H,17,18). The number of nitrogens with two attached hydrogens (primary N) is 1. The number of benzene rings is 2. The van der Waals surface area contributed by atoms with E-state index in [1.54, 1.807) is 13.2 Å². The summed E-state index contributed by atoms with van der Waals surface area (Å²) in [6.45, 7) is -0.0632. The Morgan fingerprint density at radius 1 is 1.16 bits per heavy atom. The van der Waals surface area contributed by atoms with Crippen molar-refractivity contribution in [3.63, 3.8) is 0 Å². The van der Waals surface area contributed by atoms with Gasteiger partial charge >= 0.3 is 0 Å². The first-order valence-corrected chi connectivity index (χ1v) is 5.98. The third-order valence-electron chi connectivity index (χ3n) is 2.78. The number of carbonyl (C=O) groups excluding carboxylic acids is 1. The molecule has 0 atom stereocenters. The quantitative estimate of drug-likeness (QED) is 0.882. The van der Waals surface area contributed by atoms with Gasteiger partial charge in [-0.15, -0.1) is 0 Å². The van der Waals surface area contributed by atoms with Crippen LogP contribution in [0.3, 0.4) is 0 Å². The van der Waals surface area contributed by atoms with Crippen LogP contribution < -0.4 is 15.8 Å². The molecule has 1 amide bonds. The Morgan fingerprint density at radius 2 is 1.89 bits per heavy atom. The molecule has 0 fully saturated rings. The molecule has 0 aliphatic carbocycles. The fourth-order valence-corrected chi connectivity index (χ4v) is 1.88. The van der Waals surface area contributed by atoms with Crippen molar-refractivity contribution in [2.75, 3.05) is 19.0 Å². The summed E-state index contributed by atoms with van der Waals surface area (Å²) in [6.07, 6.45) is 0. The van der Waals surface area contributed by atoms with Gasteiger partial charge < -0.3 is 15.8 Å². The molecular weight excluding hydrogens is 240 g/mol. The Bertz CT molecular complexity index is 568. The van der Waals surface area contributed by atoms with Gasteiger partial charge in [-0.05, 0) is 11.6 Å². The number of nitrogens with one attached hydrogen (secondary N) is 1. The largest absolute Gasteiger partial charge is 0.495 e. The van der Waals surface area contributed by atoms with Crippen molar-refractivity contribution in [1.82, 2.24) is 0 Å². The van der Waals surface area contributed by atoms with E-state index in [2.05, 4.69) is 5.32 Å². The highest BCUT2D eigenvalue weighted by atomic mass is 16.5. The van der Waals surface area contributed by atoms with Gasteiger partial charge in [0.05, 0.1) is 19.3 Å². The molecule has 0 aliphatic rings. The van der Waals surface area contributed by atoms with Gasteiger partial charge in [-0.1, -0.05) is 42.5 Å². The normalized spacial score (nSPS) is 10.0. The van der Waals surface area contributed by atoms with Crippen LogP contribution in [0.5, 0.6) is 5.75 Å². The average Bonchev–Trinajstić information content (AvgIpc) is 2.48. The van der Waals surface area contributed by atoms with Crippen LogP contribution >= 0.6 is 0 Å². The van der Waals surface area contributed by atoms with Crippen LogP contribution in [0.4, 0.5) is 5.69 Å². The number of ether oxygens (including phenoxy) is 1. The summed E-state index contributed by atoms with van der Waals surface area (Å²) in [5.41, 5.74) is 7.90. The van der Waals surface area contributed by atoms with E-state index >= 15 is 0 Å². The highest BCUT2D eigenvalue weighted by Gasteiger charge is 2.12. The van der Waals surface area contributed by atoms with Gasteiger partial charge in [-0.3, -0.25) is 4.79 Å². The minimum absolute atomic E-state index is 0.0632. The molecule has 0 unspecified atom stereocenters. The molecule has 2 rings (SSSR count). The van der Waals surface area contributed by atoms with Crippen LogP contribution in [0.2, 0.25) is 0 Å². The van der Waals surface area contributed by atoms with E-state index in [-0.39, 0.29) is 12.5 Å². The first kappa shape index (κ1) is 13.1. The molecule has 3 N–H and O–H groups in total. The Balaban J connectivity index is 2.51. The predicted octanol–water partition coefficient (Wildman–Crippen LogP) is 2.26. The Labute approximate surface area is 112 Å². The molecule has 0 radical (unpaired) electrons. The number of amides is 1. The monoisotopic (exact) mass is 256 g/mol. The van der Waals surface area contributed by atoms with Crippen molar-refractivity contribution >= 4 is 11.6 Å². The number of carbonyl (C=O) groups is 1. The lowest BCUT2D eigenvalue weighted by Gasteiger charge is -2.14. The highest BCUT2D eigenvalue weighted by Crippen LogP contribution is 2.35. The second kappa shape index (κ2) is 6.02. The Morgan fingerprint density at radius 3 is 2.53 bits per heavy atom. The highest BCUT2D eigenvalue weighted by molar-refractivity contribution is 5.98. The smallest absolute Gasteiger partial charge is 0.238 e. The van der Waals surface area contributed by atoms with Crippen molar-refractivity contribution in [1.29, 1.82) is 0 Å². The molecule has 4 heteroatoms. The van der Waals surface area contributed by atoms with Crippen LogP contribution in [0, 0.1) is 0 Å². The van der Waals surface area contributed by atoms with Gasteiger partial charge in [0.15, 0.2) is 0 Å². The number of anilines is 1. The molecule has 0 aromatic heterocycles. The third-order valence-corrected chi connectivity index (χ3v) is 2.78. The minimum Gasteiger partial charge on any atom is -0.495 e. The summed E-state index contributed by atoms with van der Waals surface area (Å²) in [6, 6.07) is 15.4. The van der Waals surface area contributed by atoms with Crippen molar-refractivity contribution in [3.05, 3.63) is 48.5 Å². The lowest BCUT2D eigenvalue weighted by atomic mass is 10.0. The Kier molecular flexibility index (Phi) is 4.15. The molecule has 2 aromatic carbocycles. The topological polar surface area (TPSA) is 64.3 Å². The van der Waals surface area contributed by atoms with E-state index in [0.29, 0.717) is 11.4 Å². The fraction of sp³-hybridized carbons (Fsp3) is 0.133. The zero-order valence-electron chi connectivity index (χ0n) is 10.7. The number of hydrogen-bond acceptors (Lipinski definition) is 3. The Hall–Kier alpha value is -2.33. The van der Waals surface area contributed by atoms with Crippen LogP contribution in [0.1, 0.15) is 0 Å². The van der Waals surface area contributed by atoms with E-state index in [0.717, 1.165) is 11.1 Å². The SMILES string of the molecule is COc1cccc(-c2ccccc2)c1NC(=O)CN. The molecular formula is C15H16N2O2. The molecule has 98 valence electrons. The third kappa shape index (κ3) is 2.92. The zero-order chi connectivity index (χ0) is 13.7. The molecule has 0 saturated carbocycles. The molecule has 19 heavy (non-hydrogen) atoms. The molecule has 0 heterocycles. The second-order valence-corrected chi connectivity index (χ2v) is 4.00.